The van der Waals surface area contributed by atoms with Crippen molar-refractivity contribution in [2.45, 2.75) is 51.0 Å². The summed E-state index contributed by atoms with van der Waals surface area (Å²) in [5.41, 5.74) is 0.816. The van der Waals surface area contributed by atoms with E-state index >= 15 is 0 Å². The number of amides is 2. The van der Waals surface area contributed by atoms with Crippen LogP contribution in [0.5, 0.6) is 0 Å². The molecule has 1 aliphatic heterocycles. The maximum absolute atomic E-state index is 12.1. The summed E-state index contributed by atoms with van der Waals surface area (Å²) in [5.74, 6) is 0. The van der Waals surface area contributed by atoms with E-state index in [2.05, 4.69) is 10.6 Å². The first kappa shape index (κ1) is 17.1. The van der Waals surface area contributed by atoms with Crippen LogP contribution in [0.3, 0.4) is 0 Å². The van der Waals surface area contributed by atoms with Gasteiger partial charge in [0.1, 0.15) is 0 Å². The molecule has 3 unspecified atom stereocenters. The Morgan fingerprint density at radius 1 is 1.32 bits per heavy atom. The van der Waals surface area contributed by atoms with E-state index in [1.54, 1.807) is 24.3 Å². The summed E-state index contributed by atoms with van der Waals surface area (Å²) in [6, 6.07) is 6.42. The molecule has 5 nitrogen and oxygen atoms in total. The molecule has 0 spiro atoms. The Morgan fingerprint density at radius 2 is 1.91 bits per heavy atom. The van der Waals surface area contributed by atoms with E-state index in [4.69, 9.17) is 16.3 Å². The van der Waals surface area contributed by atoms with Crippen LogP contribution in [0.4, 0.5) is 4.79 Å². The number of hydrogen-bond acceptors (Lipinski definition) is 3. The lowest BCUT2D eigenvalue weighted by molar-refractivity contribution is -0.0402. The zero-order valence-corrected chi connectivity index (χ0v) is 13.6. The Labute approximate surface area is 136 Å². The number of carbonyl (C=O) groups excluding carboxylic acids is 1. The van der Waals surface area contributed by atoms with Crippen LogP contribution in [0.25, 0.3) is 0 Å². The van der Waals surface area contributed by atoms with Crippen molar-refractivity contribution in [3.05, 3.63) is 34.9 Å². The van der Waals surface area contributed by atoms with E-state index in [0.717, 1.165) is 18.4 Å². The molecule has 0 bridgehead atoms. The summed E-state index contributed by atoms with van der Waals surface area (Å²) in [4.78, 5) is 12.1. The van der Waals surface area contributed by atoms with E-state index < -0.39 is 6.04 Å². The Morgan fingerprint density at radius 3 is 2.45 bits per heavy atom. The van der Waals surface area contributed by atoms with Gasteiger partial charge in [0.05, 0.1) is 24.9 Å². The van der Waals surface area contributed by atoms with Crippen LogP contribution in [-0.4, -0.2) is 36.0 Å². The largest absolute Gasteiger partial charge is 0.394 e. The van der Waals surface area contributed by atoms with E-state index in [9.17, 15) is 9.90 Å². The third kappa shape index (κ3) is 4.87. The Kier molecular flexibility index (Phi) is 6.06. The van der Waals surface area contributed by atoms with Crippen molar-refractivity contribution in [2.24, 2.45) is 0 Å². The zero-order chi connectivity index (χ0) is 16.1. The molecule has 1 aromatic rings. The molecular formula is C16H23ClN2O3. The molecule has 6 heteroatoms. The molecule has 0 aliphatic carbocycles. The molecule has 0 aromatic heterocycles. The average molecular weight is 327 g/mol. The molecular weight excluding hydrogens is 304 g/mol. The topological polar surface area (TPSA) is 70.6 Å². The van der Waals surface area contributed by atoms with E-state index in [1.165, 1.54) is 0 Å². The highest BCUT2D eigenvalue weighted by molar-refractivity contribution is 6.30. The highest BCUT2D eigenvalue weighted by Crippen LogP contribution is 2.19. The van der Waals surface area contributed by atoms with Crippen LogP contribution in [0.1, 0.15) is 38.3 Å². The molecule has 3 N–H and O–H groups in total. The van der Waals surface area contributed by atoms with Crippen LogP contribution in [0.2, 0.25) is 5.02 Å². The van der Waals surface area contributed by atoms with Crippen LogP contribution in [-0.2, 0) is 4.74 Å². The van der Waals surface area contributed by atoms with Gasteiger partial charge in [0.25, 0.3) is 0 Å². The lowest BCUT2D eigenvalue weighted by Gasteiger charge is -2.32. The van der Waals surface area contributed by atoms with Crippen molar-refractivity contribution in [1.29, 1.82) is 0 Å². The normalized spacial score (nSPS) is 26.3. The second-order valence-electron chi connectivity index (χ2n) is 5.83. The Hall–Kier alpha value is -1.30. The first-order valence-electron chi connectivity index (χ1n) is 7.56. The van der Waals surface area contributed by atoms with E-state index in [-0.39, 0.29) is 30.9 Å². The first-order valence-corrected chi connectivity index (χ1v) is 7.94. The van der Waals surface area contributed by atoms with Crippen molar-refractivity contribution in [3.8, 4) is 0 Å². The predicted molar refractivity (Wildman–Crippen MR) is 86.0 cm³/mol. The number of hydrogen-bond donors (Lipinski definition) is 3. The number of aliphatic hydroxyl groups is 1. The minimum absolute atomic E-state index is 0.0864. The minimum atomic E-state index is -0.452. The number of urea groups is 1. The van der Waals surface area contributed by atoms with Gasteiger partial charge in [-0.25, -0.2) is 4.79 Å². The summed E-state index contributed by atoms with van der Waals surface area (Å²) in [6.07, 6.45) is 1.86. The van der Waals surface area contributed by atoms with Crippen LogP contribution >= 0.6 is 11.6 Å². The fourth-order valence-electron chi connectivity index (χ4n) is 2.84. The quantitative estimate of drug-likeness (QED) is 0.796. The number of benzene rings is 1. The second-order valence-corrected chi connectivity index (χ2v) is 6.27. The van der Waals surface area contributed by atoms with Crippen molar-refractivity contribution < 1.29 is 14.6 Å². The van der Waals surface area contributed by atoms with Crippen molar-refractivity contribution >= 4 is 17.6 Å². The molecule has 1 heterocycles. The number of carbonyl (C=O) groups is 1. The SMILES string of the molecule is CC1CC(NC(=O)NC(CO)c2ccc(Cl)cc2)CC(C)O1. The molecule has 1 aliphatic rings. The molecule has 0 saturated carbocycles. The monoisotopic (exact) mass is 326 g/mol. The van der Waals surface area contributed by atoms with Gasteiger partial charge in [-0.05, 0) is 44.4 Å². The van der Waals surface area contributed by atoms with Gasteiger partial charge in [-0.1, -0.05) is 23.7 Å². The Bertz CT molecular complexity index is 485. The fourth-order valence-corrected chi connectivity index (χ4v) is 2.96. The number of halogens is 1. The van der Waals surface area contributed by atoms with Gasteiger partial charge in [0, 0.05) is 11.1 Å². The van der Waals surface area contributed by atoms with Gasteiger partial charge in [-0.2, -0.15) is 0 Å². The van der Waals surface area contributed by atoms with Crippen molar-refractivity contribution in [3.63, 3.8) is 0 Å². The maximum Gasteiger partial charge on any atom is 0.315 e. The van der Waals surface area contributed by atoms with Crippen LogP contribution in [0, 0.1) is 0 Å². The number of ether oxygens (including phenoxy) is 1. The summed E-state index contributed by atoms with van der Waals surface area (Å²) in [6.45, 7) is 3.84. The lowest BCUT2D eigenvalue weighted by Crippen LogP contribution is -2.48. The third-order valence-corrected chi connectivity index (χ3v) is 4.04. The highest BCUT2D eigenvalue weighted by atomic mass is 35.5. The van der Waals surface area contributed by atoms with Crippen molar-refractivity contribution in [2.75, 3.05) is 6.61 Å². The molecule has 1 saturated heterocycles. The summed E-state index contributed by atoms with van der Waals surface area (Å²) in [7, 11) is 0. The predicted octanol–water partition coefficient (Wildman–Crippen LogP) is 2.63. The number of nitrogens with one attached hydrogen (secondary N) is 2. The van der Waals surface area contributed by atoms with Gasteiger partial charge in [-0.3, -0.25) is 0 Å². The molecule has 3 atom stereocenters. The average Bonchev–Trinajstić information content (AvgIpc) is 2.44. The minimum Gasteiger partial charge on any atom is -0.394 e. The molecule has 0 radical (unpaired) electrons. The molecule has 122 valence electrons. The Balaban J connectivity index is 1.90. The van der Waals surface area contributed by atoms with Crippen LogP contribution in [0.15, 0.2) is 24.3 Å². The standard InChI is InChI=1S/C16H23ClN2O3/c1-10-7-14(8-11(2)22-10)18-16(21)19-15(9-20)12-3-5-13(17)6-4-12/h3-6,10-11,14-15,20H,7-9H2,1-2H3,(H2,18,19,21). The van der Waals surface area contributed by atoms with Gasteiger partial charge in [-0.15, -0.1) is 0 Å². The van der Waals surface area contributed by atoms with Crippen molar-refractivity contribution in [1.82, 2.24) is 10.6 Å². The van der Waals surface area contributed by atoms with Gasteiger partial charge in [0.2, 0.25) is 0 Å². The van der Waals surface area contributed by atoms with Gasteiger partial charge in [0.15, 0.2) is 0 Å². The summed E-state index contributed by atoms with van der Waals surface area (Å²) < 4.78 is 5.66. The molecule has 1 aromatic carbocycles. The van der Waals surface area contributed by atoms with E-state index in [1.807, 2.05) is 13.8 Å². The smallest absolute Gasteiger partial charge is 0.315 e. The maximum atomic E-state index is 12.1. The van der Waals surface area contributed by atoms with E-state index in [0.29, 0.717) is 5.02 Å². The van der Waals surface area contributed by atoms with Crippen LogP contribution < -0.4 is 10.6 Å². The van der Waals surface area contributed by atoms with Gasteiger partial charge < -0.3 is 20.5 Å². The fraction of sp³-hybridized carbons (Fsp3) is 0.562. The third-order valence-electron chi connectivity index (χ3n) is 3.79. The molecule has 2 amide bonds. The highest BCUT2D eigenvalue weighted by Gasteiger charge is 2.26. The summed E-state index contributed by atoms with van der Waals surface area (Å²) in [5, 5.41) is 15.9. The second kappa shape index (κ2) is 7.81. The number of rotatable bonds is 4. The number of aliphatic hydroxyl groups excluding tert-OH is 1. The lowest BCUT2D eigenvalue weighted by atomic mass is 10.00. The first-order chi connectivity index (χ1) is 10.5. The zero-order valence-electron chi connectivity index (χ0n) is 12.9. The van der Waals surface area contributed by atoms with Gasteiger partial charge >= 0.3 is 6.03 Å². The summed E-state index contributed by atoms with van der Waals surface area (Å²) >= 11 is 5.85. The molecule has 22 heavy (non-hydrogen) atoms. The molecule has 2 rings (SSSR count). The molecule has 1 fully saturated rings.